The van der Waals surface area contributed by atoms with E-state index in [2.05, 4.69) is 47.3 Å². The van der Waals surface area contributed by atoms with Gasteiger partial charge in [0.15, 0.2) is 0 Å². The molecule has 0 spiro atoms. The third kappa shape index (κ3) is 8.98. The molecule has 0 radical (unpaired) electrons. The molecule has 0 N–H and O–H groups in total. The molecule has 0 amide bonds. The van der Waals surface area contributed by atoms with E-state index in [4.69, 9.17) is 14.2 Å². The van der Waals surface area contributed by atoms with Crippen LogP contribution in [0.3, 0.4) is 0 Å². The molecule has 5 heteroatoms. The lowest BCUT2D eigenvalue weighted by Crippen LogP contribution is -2.51. The van der Waals surface area contributed by atoms with Crippen molar-refractivity contribution in [1.29, 1.82) is 0 Å². The van der Waals surface area contributed by atoms with Crippen molar-refractivity contribution in [2.24, 2.45) is 46.3 Å². The van der Waals surface area contributed by atoms with E-state index in [1.54, 1.807) is 12.5 Å². The molecule has 3 fully saturated rings. The van der Waals surface area contributed by atoms with Crippen LogP contribution in [0.1, 0.15) is 151 Å². The third-order valence-corrected chi connectivity index (χ3v) is 12.9. The average molecular weight is 627 g/mol. The Kier molecular flexibility index (Phi) is 13.1. The predicted octanol–water partition coefficient (Wildman–Crippen LogP) is 11.0. The fraction of sp³-hybridized carbons (Fsp3) is 0.850. The SMILES string of the molecule is C=C(C)C(=O)OCCCCCCCCOC(=O)O[C@H]1CC[C@@]2(C)C(=CC[C@H]3[C@@H]4CC[C@H]([C@H](C)CCCC(C)C)[C@@]4(C)CC[C@@H]32)C1. The van der Waals surface area contributed by atoms with E-state index in [0.29, 0.717) is 24.2 Å². The molecule has 3 saturated carbocycles. The number of allylic oxidation sites excluding steroid dienone is 1. The number of carbonyl (C=O) groups is 2. The molecule has 4 aliphatic rings. The molecular formula is C40H66O5. The van der Waals surface area contributed by atoms with E-state index in [1.165, 1.54) is 51.4 Å². The van der Waals surface area contributed by atoms with Crippen LogP contribution in [0.2, 0.25) is 0 Å². The second kappa shape index (κ2) is 16.4. The Morgan fingerprint density at radius 3 is 2.24 bits per heavy atom. The minimum Gasteiger partial charge on any atom is -0.462 e. The lowest BCUT2D eigenvalue weighted by molar-refractivity contribution is -0.139. The molecule has 0 bridgehead atoms. The van der Waals surface area contributed by atoms with Crippen LogP contribution in [0.25, 0.3) is 0 Å². The summed E-state index contributed by atoms with van der Waals surface area (Å²) in [4.78, 5) is 23.9. The van der Waals surface area contributed by atoms with E-state index >= 15 is 0 Å². The summed E-state index contributed by atoms with van der Waals surface area (Å²) in [6.45, 7) is 18.6. The maximum atomic E-state index is 12.5. The van der Waals surface area contributed by atoms with Crippen molar-refractivity contribution in [2.75, 3.05) is 13.2 Å². The zero-order valence-electron chi connectivity index (χ0n) is 29.8. The highest BCUT2D eigenvalue weighted by Crippen LogP contribution is 2.67. The minimum absolute atomic E-state index is 0.0521. The second-order valence-electron chi connectivity index (χ2n) is 16.4. The molecule has 0 aliphatic heterocycles. The van der Waals surface area contributed by atoms with Crippen molar-refractivity contribution < 1.29 is 23.8 Å². The molecule has 45 heavy (non-hydrogen) atoms. The third-order valence-electron chi connectivity index (χ3n) is 12.9. The molecule has 0 heterocycles. The first-order valence-corrected chi connectivity index (χ1v) is 18.8. The topological polar surface area (TPSA) is 61.8 Å². The van der Waals surface area contributed by atoms with Gasteiger partial charge in [0.05, 0.1) is 13.2 Å². The van der Waals surface area contributed by atoms with Gasteiger partial charge >= 0.3 is 12.1 Å². The number of rotatable bonds is 16. The summed E-state index contributed by atoms with van der Waals surface area (Å²) in [5.74, 6) is 4.74. The molecule has 0 aromatic heterocycles. The lowest BCUT2D eigenvalue weighted by Gasteiger charge is -2.58. The lowest BCUT2D eigenvalue weighted by atomic mass is 9.47. The van der Waals surface area contributed by atoms with Crippen molar-refractivity contribution in [1.82, 2.24) is 0 Å². The predicted molar refractivity (Wildman–Crippen MR) is 183 cm³/mol. The molecule has 0 aromatic rings. The maximum absolute atomic E-state index is 12.5. The quantitative estimate of drug-likeness (QED) is 0.0738. The number of unbranched alkanes of at least 4 members (excludes halogenated alkanes) is 5. The van der Waals surface area contributed by atoms with Crippen LogP contribution in [0.15, 0.2) is 23.8 Å². The largest absolute Gasteiger partial charge is 0.508 e. The fourth-order valence-corrected chi connectivity index (χ4v) is 10.3. The van der Waals surface area contributed by atoms with Gasteiger partial charge in [0.25, 0.3) is 0 Å². The van der Waals surface area contributed by atoms with Crippen LogP contribution in [0, 0.1) is 46.3 Å². The van der Waals surface area contributed by atoms with Gasteiger partial charge in [0.2, 0.25) is 0 Å². The Morgan fingerprint density at radius 1 is 0.867 bits per heavy atom. The summed E-state index contributed by atoms with van der Waals surface area (Å²) in [6, 6.07) is 0. The molecule has 256 valence electrons. The van der Waals surface area contributed by atoms with E-state index in [1.807, 2.05) is 0 Å². The Balaban J connectivity index is 1.16. The molecule has 8 atom stereocenters. The number of fused-ring (bicyclic) bond motifs is 5. The summed E-state index contributed by atoms with van der Waals surface area (Å²) in [7, 11) is 0. The van der Waals surface area contributed by atoms with Crippen LogP contribution >= 0.6 is 0 Å². The van der Waals surface area contributed by atoms with Gasteiger partial charge in [-0.25, -0.2) is 9.59 Å². The van der Waals surface area contributed by atoms with Gasteiger partial charge in [-0.15, -0.1) is 0 Å². The van der Waals surface area contributed by atoms with Gasteiger partial charge in [0, 0.05) is 12.0 Å². The van der Waals surface area contributed by atoms with Gasteiger partial charge in [-0.2, -0.15) is 0 Å². The van der Waals surface area contributed by atoms with Crippen molar-refractivity contribution in [3.8, 4) is 0 Å². The van der Waals surface area contributed by atoms with Crippen LogP contribution in [0.5, 0.6) is 0 Å². The smallest absolute Gasteiger partial charge is 0.462 e. The Morgan fingerprint density at radius 2 is 1.56 bits per heavy atom. The van der Waals surface area contributed by atoms with Crippen molar-refractivity contribution in [3.05, 3.63) is 23.8 Å². The average Bonchev–Trinajstić information content (AvgIpc) is 3.35. The Labute approximate surface area is 275 Å². The van der Waals surface area contributed by atoms with E-state index in [-0.39, 0.29) is 17.5 Å². The standard InChI is InChI=1S/C40H66O5/c1-28(2)15-14-16-30(5)34-19-20-35-33-18-17-31-27-32(21-23-39(31,6)36(33)22-24-40(34,35)7)45-38(42)44-26-13-11-9-8-10-12-25-43-37(41)29(3)4/h17,28,30,32-36H,3,8-16,18-27H2,1-2,4-7H3/t30-,32+,33+,34-,35+,36+,39+,40-/m1/s1. The number of hydrogen-bond donors (Lipinski definition) is 0. The molecular weight excluding hydrogens is 560 g/mol. The number of esters is 1. The van der Waals surface area contributed by atoms with Gasteiger partial charge in [-0.3, -0.25) is 0 Å². The maximum Gasteiger partial charge on any atom is 0.508 e. The van der Waals surface area contributed by atoms with Crippen LogP contribution in [-0.4, -0.2) is 31.4 Å². The highest BCUT2D eigenvalue weighted by Gasteiger charge is 2.59. The molecule has 5 nitrogen and oxygen atoms in total. The highest BCUT2D eigenvalue weighted by atomic mass is 16.7. The minimum atomic E-state index is -0.495. The Bertz CT molecular complexity index is 1030. The second-order valence-corrected chi connectivity index (χ2v) is 16.4. The fourth-order valence-electron chi connectivity index (χ4n) is 10.3. The van der Waals surface area contributed by atoms with Crippen molar-refractivity contribution >= 4 is 12.1 Å². The first-order valence-electron chi connectivity index (χ1n) is 18.8. The first kappa shape index (κ1) is 36.1. The normalized spacial score (nSPS) is 33.0. The van der Waals surface area contributed by atoms with Crippen LogP contribution in [-0.2, 0) is 19.0 Å². The van der Waals surface area contributed by atoms with E-state index in [0.717, 1.165) is 93.3 Å². The molecule has 0 aromatic carbocycles. The zero-order chi connectivity index (χ0) is 32.6. The molecule has 0 unspecified atom stereocenters. The number of hydrogen-bond acceptors (Lipinski definition) is 5. The zero-order valence-corrected chi connectivity index (χ0v) is 29.8. The summed E-state index contributed by atoms with van der Waals surface area (Å²) in [6.07, 6.45) is 22.0. The van der Waals surface area contributed by atoms with Crippen molar-refractivity contribution in [3.63, 3.8) is 0 Å². The van der Waals surface area contributed by atoms with Crippen LogP contribution < -0.4 is 0 Å². The molecule has 0 saturated heterocycles. The summed E-state index contributed by atoms with van der Waals surface area (Å²) in [5.41, 5.74) is 2.79. The summed E-state index contributed by atoms with van der Waals surface area (Å²) < 4.78 is 16.4. The highest BCUT2D eigenvalue weighted by molar-refractivity contribution is 5.86. The molecule has 4 aliphatic carbocycles. The van der Waals surface area contributed by atoms with Gasteiger partial charge < -0.3 is 14.2 Å². The van der Waals surface area contributed by atoms with E-state index < -0.39 is 6.16 Å². The first-order chi connectivity index (χ1) is 21.5. The van der Waals surface area contributed by atoms with E-state index in [9.17, 15) is 9.59 Å². The summed E-state index contributed by atoms with van der Waals surface area (Å²) in [5, 5.41) is 0. The Hall–Kier alpha value is -1.78. The monoisotopic (exact) mass is 626 g/mol. The van der Waals surface area contributed by atoms with Crippen LogP contribution in [0.4, 0.5) is 4.79 Å². The molecule has 4 rings (SSSR count). The van der Waals surface area contributed by atoms with Crippen molar-refractivity contribution in [2.45, 2.75) is 157 Å². The summed E-state index contributed by atoms with van der Waals surface area (Å²) >= 11 is 0. The van der Waals surface area contributed by atoms with Gasteiger partial charge in [-0.05, 0) is 111 Å². The van der Waals surface area contributed by atoms with Gasteiger partial charge in [-0.1, -0.05) is 97.8 Å². The number of ether oxygens (including phenoxy) is 3. The van der Waals surface area contributed by atoms with Gasteiger partial charge in [0.1, 0.15) is 6.10 Å². The number of carbonyl (C=O) groups excluding carboxylic acids is 2.